The van der Waals surface area contributed by atoms with E-state index in [1.807, 2.05) is 0 Å². The van der Waals surface area contributed by atoms with Gasteiger partial charge in [0.2, 0.25) is 0 Å². The Bertz CT molecular complexity index is 209. The topological polar surface area (TPSA) is 46.5 Å². The van der Waals surface area contributed by atoms with Crippen LogP contribution in [0.15, 0.2) is 11.9 Å². The average Bonchev–Trinajstić information content (AvgIpc) is 2.02. The molecule has 1 N–H and O–H groups in total. The van der Waals surface area contributed by atoms with E-state index in [0.717, 1.165) is 0 Å². The van der Waals surface area contributed by atoms with Crippen LogP contribution in [0.2, 0.25) is 0 Å². The Labute approximate surface area is 72.8 Å². The Balaban J connectivity index is 3.83. The summed E-state index contributed by atoms with van der Waals surface area (Å²) in [6.45, 7) is 1.13. The van der Waals surface area contributed by atoms with Crippen LogP contribution in [0.1, 0.15) is 13.3 Å². The first-order valence-electron chi connectivity index (χ1n) is 3.51. The summed E-state index contributed by atoms with van der Waals surface area (Å²) in [5, 5.41) is 8.67. The number of halogens is 3. The maximum absolute atomic E-state index is 12.0. The first-order chi connectivity index (χ1) is 5.95. The summed E-state index contributed by atoms with van der Waals surface area (Å²) in [7, 11) is 0. The molecule has 0 spiro atoms. The first kappa shape index (κ1) is 12.0. The molecule has 0 saturated carbocycles. The Hall–Kier alpha value is -1.04. The van der Waals surface area contributed by atoms with Crippen molar-refractivity contribution in [2.45, 2.75) is 19.4 Å². The predicted molar refractivity (Wildman–Crippen MR) is 37.6 cm³/mol. The van der Waals surface area contributed by atoms with Crippen LogP contribution in [0, 0.1) is 0 Å². The SMILES string of the molecule is CC(O)CCOC(=O)C(F)=C(F)F. The third-order valence-electron chi connectivity index (χ3n) is 1.11. The lowest BCUT2D eigenvalue weighted by Gasteiger charge is -2.04. The van der Waals surface area contributed by atoms with Crippen molar-refractivity contribution in [2.75, 3.05) is 6.61 Å². The second-order valence-corrected chi connectivity index (χ2v) is 2.35. The molecule has 76 valence electrons. The van der Waals surface area contributed by atoms with Gasteiger partial charge in [-0.2, -0.15) is 13.2 Å². The van der Waals surface area contributed by atoms with Crippen molar-refractivity contribution in [3.63, 3.8) is 0 Å². The lowest BCUT2D eigenvalue weighted by molar-refractivity contribution is -0.141. The van der Waals surface area contributed by atoms with Gasteiger partial charge in [0.1, 0.15) is 0 Å². The Morgan fingerprint density at radius 1 is 1.46 bits per heavy atom. The van der Waals surface area contributed by atoms with Gasteiger partial charge in [0.05, 0.1) is 12.7 Å². The molecule has 0 radical (unpaired) electrons. The number of hydrogen-bond acceptors (Lipinski definition) is 3. The number of carbonyl (C=O) groups excluding carboxylic acids is 1. The summed E-state index contributed by atoms with van der Waals surface area (Å²) in [5.74, 6) is -3.90. The summed E-state index contributed by atoms with van der Waals surface area (Å²) < 4.78 is 38.9. The van der Waals surface area contributed by atoms with Gasteiger partial charge in [0, 0.05) is 6.42 Å². The molecule has 1 atom stereocenters. The normalized spacial score (nSPS) is 12.1. The van der Waals surface area contributed by atoms with Gasteiger partial charge >= 0.3 is 12.0 Å². The van der Waals surface area contributed by atoms with E-state index in [1.165, 1.54) is 6.92 Å². The van der Waals surface area contributed by atoms with Crippen LogP contribution in [0.4, 0.5) is 13.2 Å². The number of ether oxygens (including phenoxy) is 1. The van der Waals surface area contributed by atoms with Crippen LogP contribution in [0.25, 0.3) is 0 Å². The minimum Gasteiger partial charge on any atom is -0.460 e. The van der Waals surface area contributed by atoms with Crippen molar-refractivity contribution in [3.05, 3.63) is 11.9 Å². The highest BCUT2D eigenvalue weighted by Gasteiger charge is 2.17. The smallest absolute Gasteiger partial charge is 0.372 e. The van der Waals surface area contributed by atoms with Gasteiger partial charge in [-0.3, -0.25) is 0 Å². The fourth-order valence-corrected chi connectivity index (χ4v) is 0.463. The fourth-order valence-electron chi connectivity index (χ4n) is 0.463. The number of aliphatic hydroxyl groups excluding tert-OH is 1. The van der Waals surface area contributed by atoms with Crippen molar-refractivity contribution in [1.82, 2.24) is 0 Å². The second kappa shape index (κ2) is 5.58. The molecule has 13 heavy (non-hydrogen) atoms. The molecular formula is C7H9F3O3. The van der Waals surface area contributed by atoms with Gasteiger partial charge in [-0.25, -0.2) is 4.79 Å². The quantitative estimate of drug-likeness (QED) is 0.548. The zero-order valence-corrected chi connectivity index (χ0v) is 6.89. The third kappa shape index (κ3) is 5.24. The molecule has 0 aromatic carbocycles. The maximum Gasteiger partial charge on any atom is 0.372 e. The molecule has 3 nitrogen and oxygen atoms in total. The van der Waals surface area contributed by atoms with E-state index in [0.29, 0.717) is 0 Å². The second-order valence-electron chi connectivity index (χ2n) is 2.35. The minimum atomic E-state index is -2.71. The lowest BCUT2D eigenvalue weighted by atomic mass is 10.3. The lowest BCUT2D eigenvalue weighted by Crippen LogP contribution is -2.11. The van der Waals surface area contributed by atoms with Gasteiger partial charge < -0.3 is 9.84 Å². The maximum atomic E-state index is 12.0. The molecule has 0 fully saturated rings. The molecule has 6 heteroatoms. The molecule has 0 aromatic rings. The first-order valence-corrected chi connectivity index (χ1v) is 3.51. The molecule has 0 aromatic heterocycles. The van der Waals surface area contributed by atoms with E-state index in [2.05, 4.69) is 4.74 Å². The van der Waals surface area contributed by atoms with Crippen LogP contribution < -0.4 is 0 Å². The van der Waals surface area contributed by atoms with Gasteiger partial charge in [-0.1, -0.05) is 0 Å². The molecule has 0 aliphatic rings. The molecule has 0 amide bonds. The van der Waals surface area contributed by atoms with Crippen molar-refractivity contribution >= 4 is 5.97 Å². The Morgan fingerprint density at radius 2 is 2.00 bits per heavy atom. The fraction of sp³-hybridized carbons (Fsp3) is 0.571. The van der Waals surface area contributed by atoms with Crippen LogP contribution >= 0.6 is 0 Å². The molecular weight excluding hydrogens is 189 g/mol. The Morgan fingerprint density at radius 3 is 2.38 bits per heavy atom. The number of hydrogen-bond donors (Lipinski definition) is 1. The highest BCUT2D eigenvalue weighted by Crippen LogP contribution is 2.10. The van der Waals surface area contributed by atoms with Gasteiger partial charge in [0.15, 0.2) is 0 Å². The van der Waals surface area contributed by atoms with E-state index < -0.39 is 24.0 Å². The number of carbonyl (C=O) groups is 1. The van der Waals surface area contributed by atoms with Crippen molar-refractivity contribution < 1.29 is 27.8 Å². The van der Waals surface area contributed by atoms with E-state index in [4.69, 9.17) is 5.11 Å². The minimum absolute atomic E-state index is 0.0763. The molecule has 0 rings (SSSR count). The molecule has 1 unspecified atom stereocenters. The summed E-state index contributed by atoms with van der Waals surface area (Å²) in [6.07, 6.45) is -3.36. The highest BCUT2D eigenvalue weighted by atomic mass is 19.3. The van der Waals surface area contributed by atoms with Crippen LogP contribution in [0.5, 0.6) is 0 Å². The number of aliphatic hydroxyl groups is 1. The van der Waals surface area contributed by atoms with Crippen molar-refractivity contribution in [2.24, 2.45) is 0 Å². The monoisotopic (exact) mass is 198 g/mol. The molecule has 0 aliphatic carbocycles. The molecule has 0 bridgehead atoms. The average molecular weight is 198 g/mol. The number of esters is 1. The molecule has 0 saturated heterocycles. The van der Waals surface area contributed by atoms with Crippen LogP contribution in [0.3, 0.4) is 0 Å². The largest absolute Gasteiger partial charge is 0.460 e. The van der Waals surface area contributed by atoms with Crippen LogP contribution in [-0.2, 0) is 9.53 Å². The van der Waals surface area contributed by atoms with E-state index in [9.17, 15) is 18.0 Å². The Kier molecular flexibility index (Phi) is 5.13. The summed E-state index contributed by atoms with van der Waals surface area (Å²) in [4.78, 5) is 10.3. The van der Waals surface area contributed by atoms with Gasteiger partial charge in [-0.15, -0.1) is 0 Å². The van der Waals surface area contributed by atoms with Gasteiger partial charge in [-0.05, 0) is 6.92 Å². The summed E-state index contributed by atoms with van der Waals surface area (Å²) >= 11 is 0. The summed E-state index contributed by atoms with van der Waals surface area (Å²) in [5.41, 5.74) is 0. The standard InChI is InChI=1S/C7H9F3O3/c1-4(11)2-3-13-7(12)5(8)6(9)10/h4,11H,2-3H2,1H3. The van der Waals surface area contributed by atoms with Crippen LogP contribution in [-0.4, -0.2) is 23.8 Å². The van der Waals surface area contributed by atoms with Crippen molar-refractivity contribution in [1.29, 1.82) is 0 Å². The highest BCUT2D eigenvalue weighted by molar-refractivity contribution is 5.86. The predicted octanol–water partition coefficient (Wildman–Crippen LogP) is 1.38. The third-order valence-corrected chi connectivity index (χ3v) is 1.11. The number of rotatable bonds is 4. The van der Waals surface area contributed by atoms with E-state index >= 15 is 0 Å². The van der Waals surface area contributed by atoms with E-state index in [-0.39, 0.29) is 13.0 Å². The van der Waals surface area contributed by atoms with E-state index in [1.54, 1.807) is 0 Å². The zero-order valence-electron chi connectivity index (χ0n) is 6.89. The molecule has 0 heterocycles. The van der Waals surface area contributed by atoms with Gasteiger partial charge in [0.25, 0.3) is 5.83 Å². The molecule has 0 aliphatic heterocycles. The zero-order chi connectivity index (χ0) is 10.4. The van der Waals surface area contributed by atoms with Crippen molar-refractivity contribution in [3.8, 4) is 0 Å². The summed E-state index contributed by atoms with van der Waals surface area (Å²) in [6, 6.07) is 0.